The number of amides is 1. The van der Waals surface area contributed by atoms with Crippen LogP contribution in [0.15, 0.2) is 11.6 Å². The van der Waals surface area contributed by atoms with Crippen LogP contribution >= 0.6 is 0 Å². The molecule has 4 atom stereocenters. The van der Waals surface area contributed by atoms with Gasteiger partial charge in [0.2, 0.25) is 5.91 Å². The first-order valence-electron chi connectivity index (χ1n) is 9.70. The molecule has 2 aliphatic rings. The first-order chi connectivity index (χ1) is 12.4. The topological polar surface area (TPSA) is 105 Å². The van der Waals surface area contributed by atoms with E-state index in [1.165, 1.54) is 6.92 Å². The fraction of sp³-hybridized carbons (Fsp3) is 0.789. The molecule has 1 heterocycles. The van der Waals surface area contributed by atoms with Gasteiger partial charge in [-0.05, 0) is 38.1 Å². The number of carbonyl (C=O) groups is 2. The van der Waals surface area contributed by atoms with Crippen molar-refractivity contribution in [1.82, 2.24) is 10.2 Å². The fourth-order valence-electron chi connectivity index (χ4n) is 3.93. The predicted octanol–water partition coefficient (Wildman–Crippen LogP) is 1.13. The molecule has 1 saturated heterocycles. The van der Waals surface area contributed by atoms with Gasteiger partial charge in [-0.25, -0.2) is 4.79 Å². The van der Waals surface area contributed by atoms with Crippen molar-refractivity contribution in [3.63, 3.8) is 0 Å². The highest BCUT2D eigenvalue weighted by atomic mass is 16.5. The Kier molecular flexibility index (Phi) is 8.06. The van der Waals surface area contributed by atoms with E-state index in [0.29, 0.717) is 11.5 Å². The molecule has 1 aliphatic heterocycles. The number of nitrogens with zero attached hydrogens (tertiary/aromatic N) is 1. The Morgan fingerprint density at radius 2 is 2.23 bits per heavy atom. The van der Waals surface area contributed by atoms with Gasteiger partial charge in [-0.15, -0.1) is 0 Å². The molecule has 4 N–H and O–H groups in total. The number of nitrogens with one attached hydrogen (secondary N) is 1. The standard InChI is InChI=1S/C19H33N3O4/c1-3-4-8-26-12-14-6-5-7-22(11-14)17-10-15(19(24)25)9-16(20)18(17)21-13(2)23/h10,14,16-18H,3-9,11-12,20H2,1-2H3,(H,21,23)(H,24,25)/t14-,16+,17-,18-/m1/s1. The van der Waals surface area contributed by atoms with Gasteiger partial charge >= 0.3 is 5.97 Å². The highest BCUT2D eigenvalue weighted by molar-refractivity contribution is 5.87. The number of likely N-dealkylation sites (tertiary alicyclic amines) is 1. The van der Waals surface area contributed by atoms with Crippen molar-refractivity contribution < 1.29 is 19.4 Å². The number of unbranched alkanes of at least 4 members (excludes halogenated alkanes) is 1. The van der Waals surface area contributed by atoms with Crippen molar-refractivity contribution in [3.05, 3.63) is 11.6 Å². The summed E-state index contributed by atoms with van der Waals surface area (Å²) in [6.45, 7) is 6.85. The zero-order chi connectivity index (χ0) is 19.1. The minimum Gasteiger partial charge on any atom is -0.478 e. The van der Waals surface area contributed by atoms with Crippen LogP contribution in [0, 0.1) is 5.92 Å². The number of carboxylic acid groups (broad SMARTS) is 1. The Morgan fingerprint density at radius 1 is 1.46 bits per heavy atom. The molecular weight excluding hydrogens is 334 g/mol. The molecule has 2 rings (SSSR count). The van der Waals surface area contributed by atoms with E-state index in [1.54, 1.807) is 6.08 Å². The second-order valence-corrected chi connectivity index (χ2v) is 7.51. The van der Waals surface area contributed by atoms with E-state index in [4.69, 9.17) is 10.5 Å². The average Bonchev–Trinajstić information content (AvgIpc) is 2.60. The van der Waals surface area contributed by atoms with Crippen LogP contribution in [0.5, 0.6) is 0 Å². The third-order valence-electron chi connectivity index (χ3n) is 5.27. The van der Waals surface area contributed by atoms with Crippen LogP contribution in [0.2, 0.25) is 0 Å². The quantitative estimate of drug-likeness (QED) is 0.556. The smallest absolute Gasteiger partial charge is 0.331 e. The van der Waals surface area contributed by atoms with Crippen molar-refractivity contribution in [1.29, 1.82) is 0 Å². The van der Waals surface area contributed by atoms with Gasteiger partial charge in [0, 0.05) is 31.7 Å². The van der Waals surface area contributed by atoms with Crippen molar-refractivity contribution in [2.75, 3.05) is 26.3 Å². The van der Waals surface area contributed by atoms with Gasteiger partial charge in [-0.3, -0.25) is 9.69 Å². The van der Waals surface area contributed by atoms with Crippen molar-refractivity contribution >= 4 is 11.9 Å². The summed E-state index contributed by atoms with van der Waals surface area (Å²) < 4.78 is 5.79. The molecule has 0 radical (unpaired) electrons. The summed E-state index contributed by atoms with van der Waals surface area (Å²) in [6, 6.07) is -0.858. The van der Waals surface area contributed by atoms with Crippen molar-refractivity contribution in [2.24, 2.45) is 11.7 Å². The maximum absolute atomic E-state index is 11.6. The lowest BCUT2D eigenvalue weighted by Gasteiger charge is -2.44. The zero-order valence-corrected chi connectivity index (χ0v) is 15.9. The van der Waals surface area contributed by atoms with E-state index >= 15 is 0 Å². The molecule has 26 heavy (non-hydrogen) atoms. The molecule has 0 aromatic heterocycles. The number of ether oxygens (including phenoxy) is 1. The summed E-state index contributed by atoms with van der Waals surface area (Å²) in [5, 5.41) is 12.3. The Labute approximate surface area is 155 Å². The minimum absolute atomic E-state index is 0.140. The van der Waals surface area contributed by atoms with E-state index in [-0.39, 0.29) is 24.4 Å². The Balaban J connectivity index is 2.08. The minimum atomic E-state index is -0.928. The third-order valence-corrected chi connectivity index (χ3v) is 5.27. The number of carbonyl (C=O) groups excluding carboxylic acids is 1. The van der Waals surface area contributed by atoms with Crippen LogP contribution in [0.3, 0.4) is 0 Å². The summed E-state index contributed by atoms with van der Waals surface area (Å²) in [4.78, 5) is 25.4. The Hall–Kier alpha value is -1.44. The SMILES string of the molecule is CCCCOC[C@@H]1CCCN([C@@H]2C=C(C(=O)O)C[C@H](N)[C@H]2NC(C)=O)C1. The van der Waals surface area contributed by atoms with E-state index in [0.717, 1.165) is 52.0 Å². The Bertz CT molecular complexity index is 523. The number of carboxylic acids is 1. The molecule has 1 aliphatic carbocycles. The number of nitrogens with two attached hydrogens (primary N) is 1. The number of hydrogen-bond acceptors (Lipinski definition) is 5. The predicted molar refractivity (Wildman–Crippen MR) is 99.7 cm³/mol. The van der Waals surface area contributed by atoms with Crippen molar-refractivity contribution in [2.45, 2.75) is 64.1 Å². The molecule has 0 spiro atoms. The lowest BCUT2D eigenvalue weighted by Crippen LogP contribution is -2.62. The summed E-state index contributed by atoms with van der Waals surface area (Å²) in [7, 11) is 0. The average molecular weight is 367 g/mol. The summed E-state index contributed by atoms with van der Waals surface area (Å²) in [6.07, 6.45) is 6.40. The molecular formula is C19H33N3O4. The van der Waals surface area contributed by atoms with Crippen LogP contribution in [-0.4, -0.2) is 66.3 Å². The van der Waals surface area contributed by atoms with Gasteiger partial charge in [-0.1, -0.05) is 19.4 Å². The monoisotopic (exact) mass is 367 g/mol. The molecule has 7 heteroatoms. The maximum Gasteiger partial charge on any atom is 0.331 e. The summed E-state index contributed by atoms with van der Waals surface area (Å²) in [5.74, 6) is -0.638. The highest BCUT2D eigenvalue weighted by Gasteiger charge is 2.38. The molecule has 0 aromatic rings. The third kappa shape index (κ3) is 5.79. The number of piperidine rings is 1. The molecule has 0 bridgehead atoms. The van der Waals surface area contributed by atoms with Crippen molar-refractivity contribution in [3.8, 4) is 0 Å². The molecule has 0 saturated carbocycles. The molecule has 1 fully saturated rings. The molecule has 0 unspecified atom stereocenters. The van der Waals surface area contributed by atoms with Crippen LogP contribution < -0.4 is 11.1 Å². The number of hydrogen-bond donors (Lipinski definition) is 3. The van der Waals surface area contributed by atoms with Crippen LogP contribution in [0.4, 0.5) is 0 Å². The second kappa shape index (κ2) is 10.0. The molecule has 148 valence electrons. The van der Waals surface area contributed by atoms with Gasteiger partial charge in [-0.2, -0.15) is 0 Å². The maximum atomic E-state index is 11.6. The normalized spacial score (nSPS) is 29.9. The summed E-state index contributed by atoms with van der Waals surface area (Å²) >= 11 is 0. The first-order valence-corrected chi connectivity index (χ1v) is 9.70. The van der Waals surface area contributed by atoms with E-state index in [2.05, 4.69) is 17.1 Å². The number of aliphatic carboxylic acids is 1. The lowest BCUT2D eigenvalue weighted by molar-refractivity contribution is -0.133. The first kappa shape index (κ1) is 20.9. The fourth-order valence-corrected chi connectivity index (χ4v) is 3.93. The van der Waals surface area contributed by atoms with Gasteiger partial charge in [0.25, 0.3) is 0 Å². The molecule has 1 amide bonds. The molecule has 7 nitrogen and oxygen atoms in total. The van der Waals surface area contributed by atoms with E-state index < -0.39 is 12.0 Å². The van der Waals surface area contributed by atoms with E-state index in [9.17, 15) is 14.7 Å². The highest BCUT2D eigenvalue weighted by Crippen LogP contribution is 2.27. The van der Waals surface area contributed by atoms with E-state index in [1.807, 2.05) is 0 Å². The van der Waals surface area contributed by atoms with Gasteiger partial charge in [0.05, 0.1) is 18.7 Å². The lowest BCUT2D eigenvalue weighted by atomic mass is 9.84. The van der Waals surface area contributed by atoms with Crippen LogP contribution in [0.25, 0.3) is 0 Å². The van der Waals surface area contributed by atoms with Gasteiger partial charge in [0.15, 0.2) is 0 Å². The largest absolute Gasteiger partial charge is 0.478 e. The number of rotatable bonds is 8. The van der Waals surface area contributed by atoms with Gasteiger partial charge in [0.1, 0.15) is 0 Å². The zero-order valence-electron chi connectivity index (χ0n) is 15.9. The summed E-state index contributed by atoms with van der Waals surface area (Å²) in [5.41, 5.74) is 6.57. The van der Waals surface area contributed by atoms with Crippen LogP contribution in [-0.2, 0) is 14.3 Å². The second-order valence-electron chi connectivity index (χ2n) is 7.51. The van der Waals surface area contributed by atoms with Crippen LogP contribution in [0.1, 0.15) is 46.0 Å². The van der Waals surface area contributed by atoms with Gasteiger partial charge < -0.3 is 20.9 Å². The molecule has 0 aromatic carbocycles. The Morgan fingerprint density at radius 3 is 2.88 bits per heavy atom.